The van der Waals surface area contributed by atoms with Crippen LogP contribution in [-0.4, -0.2) is 91.8 Å². The molecule has 4 aromatic rings. The third-order valence-electron chi connectivity index (χ3n) is 12.2. The molecule has 4 amide bonds. The predicted molar refractivity (Wildman–Crippen MR) is 226 cm³/mol. The molecular formula is C44H50F3N7O7S. The van der Waals surface area contributed by atoms with E-state index in [2.05, 4.69) is 20.5 Å². The van der Waals surface area contributed by atoms with Crippen molar-refractivity contribution in [3.8, 4) is 0 Å². The number of pyridine rings is 1. The number of likely N-dealkylation sites (tertiary alicyclic amines) is 1. The molecular weight excluding hydrogens is 828 g/mol. The predicted octanol–water partition coefficient (Wildman–Crippen LogP) is 6.99. The maximum atomic E-state index is 13.4. The number of hydrogen-bond donors (Lipinski definition) is 5. The fourth-order valence-electron chi connectivity index (χ4n) is 8.90. The van der Waals surface area contributed by atoms with Gasteiger partial charge in [-0.05, 0) is 127 Å². The van der Waals surface area contributed by atoms with Crippen molar-refractivity contribution in [1.29, 1.82) is 0 Å². The first kappa shape index (κ1) is 44.6. The number of aromatic nitrogens is 2. The number of carboxylic acids is 1. The Balaban J connectivity index is 0.888. The lowest BCUT2D eigenvalue weighted by molar-refractivity contribution is -0.141. The van der Waals surface area contributed by atoms with Crippen LogP contribution >= 0.6 is 11.3 Å². The number of carbonyl (C=O) groups excluding carboxylic acids is 4. The average Bonchev–Trinajstić information content (AvgIpc) is 3.75. The SMILES string of the molecule is CC(C)(O)c1cc2nc(C3CCC(CN4CCC(CCNc5cccc6c5C(=O)N(C(CCC(=O)O)C(N)=O)C6=O)CC4)CC3)sc2cc1NC(=O)c1cccc(C(F)(F)F)n1. The van der Waals surface area contributed by atoms with Gasteiger partial charge < -0.3 is 31.5 Å². The highest BCUT2D eigenvalue weighted by atomic mass is 32.1. The van der Waals surface area contributed by atoms with E-state index in [9.17, 15) is 42.3 Å². The Bertz CT molecular complexity index is 2370. The van der Waals surface area contributed by atoms with E-state index in [4.69, 9.17) is 15.8 Å². The molecule has 2 aliphatic heterocycles. The lowest BCUT2D eigenvalue weighted by Crippen LogP contribution is -2.48. The van der Waals surface area contributed by atoms with Crippen molar-refractivity contribution in [2.75, 3.05) is 36.8 Å². The van der Waals surface area contributed by atoms with Gasteiger partial charge in [0.2, 0.25) is 5.91 Å². The minimum atomic E-state index is -4.70. The number of aliphatic carboxylic acids is 1. The van der Waals surface area contributed by atoms with Gasteiger partial charge in [-0.1, -0.05) is 12.1 Å². The number of nitrogens with zero attached hydrogens (tertiary/aromatic N) is 4. The summed E-state index contributed by atoms with van der Waals surface area (Å²) in [6.45, 7) is 6.73. The molecule has 4 heterocycles. The summed E-state index contributed by atoms with van der Waals surface area (Å²) in [5.74, 6) is -2.94. The van der Waals surface area contributed by atoms with Crippen LogP contribution in [0.2, 0.25) is 0 Å². The minimum Gasteiger partial charge on any atom is -0.481 e. The Kier molecular flexibility index (Phi) is 13.0. The second kappa shape index (κ2) is 18.1. The molecule has 1 unspecified atom stereocenters. The van der Waals surface area contributed by atoms with Crippen molar-refractivity contribution in [1.82, 2.24) is 19.8 Å². The molecule has 2 aromatic heterocycles. The lowest BCUT2D eigenvalue weighted by atomic mass is 9.81. The standard InChI is InChI=1S/C44H50F3N7O7S/c1-43(2,61)28-21-32-34(22-31(28)51-39(58)30-7-4-8-35(50-30)44(45,46)47)62-40(52-32)26-11-9-25(10-12-26)23-53-19-16-24(17-20-53)15-18-49-29-6-3-5-27-37(29)42(60)54(41(27)59)33(38(48)57)13-14-36(55)56/h3-8,21-22,24-26,33,49,61H,9-20,23H2,1-2H3,(H2,48,57)(H,51,58)(H,55,56). The Morgan fingerprint density at radius 2 is 1.65 bits per heavy atom. The van der Waals surface area contributed by atoms with Gasteiger partial charge in [0.1, 0.15) is 17.4 Å². The van der Waals surface area contributed by atoms with Crippen LogP contribution in [-0.2, 0) is 21.4 Å². The van der Waals surface area contributed by atoms with Gasteiger partial charge in [-0.15, -0.1) is 11.3 Å². The molecule has 2 aromatic carbocycles. The average molecular weight is 878 g/mol. The highest BCUT2D eigenvalue weighted by Gasteiger charge is 2.43. The lowest BCUT2D eigenvalue weighted by Gasteiger charge is -2.36. The van der Waals surface area contributed by atoms with E-state index >= 15 is 0 Å². The highest BCUT2D eigenvalue weighted by Crippen LogP contribution is 2.42. The number of halogens is 3. The molecule has 330 valence electrons. The second-order valence-electron chi connectivity index (χ2n) is 17.1. The van der Waals surface area contributed by atoms with Gasteiger partial charge in [0.25, 0.3) is 17.7 Å². The summed E-state index contributed by atoms with van der Waals surface area (Å²) in [4.78, 5) is 74.7. The number of rotatable bonds is 15. The number of alkyl halides is 3. The monoisotopic (exact) mass is 877 g/mol. The first-order valence-corrected chi connectivity index (χ1v) is 21.7. The molecule has 1 atom stereocenters. The van der Waals surface area contributed by atoms with E-state index in [-0.39, 0.29) is 29.2 Å². The van der Waals surface area contributed by atoms with Crippen LogP contribution < -0.4 is 16.4 Å². The van der Waals surface area contributed by atoms with Gasteiger partial charge in [0.15, 0.2) is 0 Å². The van der Waals surface area contributed by atoms with Gasteiger partial charge in [-0.3, -0.25) is 28.9 Å². The zero-order chi connectivity index (χ0) is 44.5. The third kappa shape index (κ3) is 9.92. The van der Waals surface area contributed by atoms with E-state index in [0.29, 0.717) is 35.1 Å². The number of carbonyl (C=O) groups is 5. The largest absolute Gasteiger partial charge is 0.481 e. The van der Waals surface area contributed by atoms with E-state index in [0.717, 1.165) is 91.3 Å². The van der Waals surface area contributed by atoms with E-state index in [1.54, 1.807) is 38.1 Å². The number of benzene rings is 2. The molecule has 7 rings (SSSR count). The van der Waals surface area contributed by atoms with Crippen LogP contribution in [0.3, 0.4) is 0 Å². The fourth-order valence-corrected chi connectivity index (χ4v) is 10.1. The minimum absolute atomic E-state index is 0.154. The maximum Gasteiger partial charge on any atom is 0.433 e. The van der Waals surface area contributed by atoms with Gasteiger partial charge in [-0.2, -0.15) is 13.2 Å². The number of piperidine rings is 1. The molecule has 0 spiro atoms. The third-order valence-corrected chi connectivity index (χ3v) is 13.4. The second-order valence-corrected chi connectivity index (χ2v) is 18.1. The Labute approximate surface area is 360 Å². The number of nitrogens with one attached hydrogen (secondary N) is 2. The molecule has 1 saturated carbocycles. The normalized spacial score (nSPS) is 19.4. The summed E-state index contributed by atoms with van der Waals surface area (Å²) in [6, 6.07) is 10.1. The van der Waals surface area contributed by atoms with E-state index in [1.165, 1.54) is 23.5 Å². The van der Waals surface area contributed by atoms with Crippen LogP contribution in [0.4, 0.5) is 24.5 Å². The number of primary amides is 1. The first-order chi connectivity index (χ1) is 29.4. The van der Waals surface area contributed by atoms with Gasteiger partial charge in [0.05, 0.1) is 32.0 Å². The van der Waals surface area contributed by atoms with Gasteiger partial charge in [-0.25, -0.2) is 9.97 Å². The van der Waals surface area contributed by atoms with Crippen molar-refractivity contribution in [2.24, 2.45) is 17.6 Å². The number of thiazole rings is 1. The molecule has 1 saturated heterocycles. The molecule has 2 fully saturated rings. The summed E-state index contributed by atoms with van der Waals surface area (Å²) in [7, 11) is 0. The van der Waals surface area contributed by atoms with Crippen LogP contribution in [0.1, 0.15) is 125 Å². The quantitative estimate of drug-likeness (QED) is 0.0769. The smallest absolute Gasteiger partial charge is 0.433 e. The van der Waals surface area contributed by atoms with Crippen molar-refractivity contribution in [2.45, 2.75) is 95.4 Å². The van der Waals surface area contributed by atoms with Crippen LogP contribution in [0.25, 0.3) is 10.2 Å². The topological polar surface area (TPSA) is 208 Å². The van der Waals surface area contributed by atoms with Crippen LogP contribution in [0.5, 0.6) is 0 Å². The number of nitrogens with two attached hydrogens (primary N) is 1. The first-order valence-electron chi connectivity index (χ1n) is 20.9. The summed E-state index contributed by atoms with van der Waals surface area (Å²) < 4.78 is 40.6. The zero-order valence-corrected chi connectivity index (χ0v) is 35.3. The highest BCUT2D eigenvalue weighted by molar-refractivity contribution is 7.18. The van der Waals surface area contributed by atoms with Crippen molar-refractivity contribution in [3.05, 3.63) is 81.6 Å². The Morgan fingerprint density at radius 3 is 2.31 bits per heavy atom. The van der Waals surface area contributed by atoms with E-state index in [1.807, 2.05) is 0 Å². The molecule has 62 heavy (non-hydrogen) atoms. The van der Waals surface area contributed by atoms with E-state index < -0.39 is 65.2 Å². The number of aliphatic hydroxyl groups is 1. The van der Waals surface area contributed by atoms with Crippen LogP contribution in [0, 0.1) is 11.8 Å². The number of imide groups is 1. The van der Waals surface area contributed by atoms with Crippen LogP contribution in [0.15, 0.2) is 48.5 Å². The summed E-state index contributed by atoms with van der Waals surface area (Å²) >= 11 is 1.53. The number of amides is 4. The molecule has 14 nitrogen and oxygen atoms in total. The van der Waals surface area contributed by atoms with Crippen molar-refractivity contribution < 1.29 is 47.4 Å². The summed E-state index contributed by atoms with van der Waals surface area (Å²) in [6.07, 6.45) is 1.65. The molecule has 0 radical (unpaired) electrons. The fraction of sp³-hybridized carbons (Fsp3) is 0.477. The summed E-state index contributed by atoms with van der Waals surface area (Å²) in [5, 5.41) is 27.1. The molecule has 1 aliphatic carbocycles. The number of anilines is 2. The molecule has 18 heteroatoms. The van der Waals surface area contributed by atoms with Crippen molar-refractivity contribution >= 4 is 62.5 Å². The molecule has 0 bridgehead atoms. The Morgan fingerprint density at radius 1 is 0.935 bits per heavy atom. The molecule has 6 N–H and O–H groups in total. The van der Waals surface area contributed by atoms with Crippen molar-refractivity contribution in [3.63, 3.8) is 0 Å². The summed E-state index contributed by atoms with van der Waals surface area (Å²) in [5.41, 5.74) is 4.70. The number of hydrogen-bond acceptors (Lipinski definition) is 11. The van der Waals surface area contributed by atoms with Gasteiger partial charge >= 0.3 is 12.1 Å². The van der Waals surface area contributed by atoms with Gasteiger partial charge in [0, 0.05) is 42.4 Å². The molecule has 3 aliphatic rings. The number of fused-ring (bicyclic) bond motifs is 2. The maximum absolute atomic E-state index is 13.4. The zero-order valence-electron chi connectivity index (χ0n) is 34.5. The number of carboxylic acid groups (broad SMARTS) is 1. The Hall–Kier alpha value is -5.46.